The first-order valence-corrected chi connectivity index (χ1v) is 6.41. The third kappa shape index (κ3) is 2.03. The van der Waals surface area contributed by atoms with E-state index in [9.17, 15) is 4.79 Å². The maximum Gasteiger partial charge on any atom is 0.245 e. The summed E-state index contributed by atoms with van der Waals surface area (Å²) in [6.07, 6.45) is 0. The summed E-state index contributed by atoms with van der Waals surface area (Å²) >= 11 is 0. The first kappa shape index (κ1) is 13.2. The molecule has 2 N–H and O–H groups in total. The summed E-state index contributed by atoms with van der Waals surface area (Å²) in [6, 6.07) is 7.06. The Morgan fingerprint density at radius 2 is 2.05 bits per heavy atom. The highest BCUT2D eigenvalue weighted by Crippen LogP contribution is 2.31. The number of anilines is 1. The van der Waals surface area contributed by atoms with E-state index < -0.39 is 0 Å². The fourth-order valence-corrected chi connectivity index (χ4v) is 2.28. The average Bonchev–Trinajstić information content (AvgIpc) is 2.95. The Morgan fingerprint density at radius 1 is 1.29 bits per heavy atom. The van der Waals surface area contributed by atoms with Gasteiger partial charge in [0.1, 0.15) is 5.75 Å². The first-order chi connectivity index (χ1) is 10.0. The van der Waals surface area contributed by atoms with E-state index in [1.165, 1.54) is 11.6 Å². The molecule has 0 aliphatic rings. The highest BCUT2D eigenvalue weighted by Gasteiger charge is 2.19. The minimum absolute atomic E-state index is 0.186. The van der Waals surface area contributed by atoms with Gasteiger partial charge in [-0.15, -0.1) is 5.10 Å². The van der Waals surface area contributed by atoms with Crippen molar-refractivity contribution in [3.63, 3.8) is 0 Å². The predicted octanol–water partition coefficient (Wildman–Crippen LogP) is 1.76. The van der Waals surface area contributed by atoms with Crippen LogP contribution >= 0.6 is 0 Å². The lowest BCUT2D eigenvalue weighted by Crippen LogP contribution is -2.07. The van der Waals surface area contributed by atoms with Gasteiger partial charge in [-0.2, -0.15) is 14.3 Å². The topological polar surface area (TPSA) is 87.4 Å². The molecule has 3 rings (SSSR count). The third-order valence-electron chi connectivity index (χ3n) is 3.19. The van der Waals surface area contributed by atoms with Gasteiger partial charge in [-0.25, -0.2) is 0 Å². The molecule has 0 radical (unpaired) electrons. The number of carbonyl (C=O) groups is 1. The van der Waals surface area contributed by atoms with Crippen LogP contribution in [0.3, 0.4) is 0 Å². The molecule has 3 aromatic rings. The van der Waals surface area contributed by atoms with Crippen LogP contribution in [-0.2, 0) is 0 Å². The Kier molecular flexibility index (Phi) is 2.90. The molecule has 1 aromatic carbocycles. The summed E-state index contributed by atoms with van der Waals surface area (Å²) in [4.78, 5) is 11.7. The molecular weight excluding hydrogens is 270 g/mol. The smallest absolute Gasteiger partial charge is 0.245 e. The maximum absolute atomic E-state index is 11.7. The number of aryl methyl sites for hydroxylation is 1. The van der Waals surface area contributed by atoms with E-state index in [2.05, 4.69) is 10.2 Å². The van der Waals surface area contributed by atoms with Crippen molar-refractivity contribution in [1.29, 1.82) is 0 Å². The second-order valence-electron chi connectivity index (χ2n) is 4.77. The number of benzene rings is 1. The molecule has 2 aromatic heterocycles. The van der Waals surface area contributed by atoms with Crippen LogP contribution in [-0.4, -0.2) is 32.4 Å². The van der Waals surface area contributed by atoms with Gasteiger partial charge in [0.25, 0.3) is 0 Å². The SMILES string of the molecule is COc1ccc(N)cc1-c1nn(C(C)=O)c2cc(C)nn12. The number of rotatable bonds is 2. The van der Waals surface area contributed by atoms with Crippen LogP contribution in [0, 0.1) is 6.92 Å². The van der Waals surface area contributed by atoms with Crippen molar-refractivity contribution in [2.24, 2.45) is 0 Å². The van der Waals surface area contributed by atoms with Crippen molar-refractivity contribution in [1.82, 2.24) is 19.4 Å². The lowest BCUT2D eigenvalue weighted by atomic mass is 10.1. The van der Waals surface area contributed by atoms with E-state index in [-0.39, 0.29) is 5.91 Å². The maximum atomic E-state index is 11.7. The molecule has 108 valence electrons. The molecule has 7 nitrogen and oxygen atoms in total. The van der Waals surface area contributed by atoms with Gasteiger partial charge < -0.3 is 10.5 Å². The number of nitrogens with zero attached hydrogens (tertiary/aromatic N) is 4. The molecule has 0 saturated carbocycles. The summed E-state index contributed by atoms with van der Waals surface area (Å²) in [5.41, 5.74) is 8.53. The number of nitrogens with two attached hydrogens (primary N) is 1. The summed E-state index contributed by atoms with van der Waals surface area (Å²) in [5, 5.41) is 8.72. The van der Waals surface area contributed by atoms with Crippen LogP contribution in [0.25, 0.3) is 17.0 Å². The zero-order valence-corrected chi connectivity index (χ0v) is 12.0. The molecule has 0 atom stereocenters. The monoisotopic (exact) mass is 285 g/mol. The van der Waals surface area contributed by atoms with Gasteiger partial charge in [0.15, 0.2) is 11.5 Å². The van der Waals surface area contributed by atoms with E-state index in [0.29, 0.717) is 28.5 Å². The van der Waals surface area contributed by atoms with Crippen molar-refractivity contribution >= 4 is 17.2 Å². The molecule has 0 fully saturated rings. The standard InChI is InChI=1S/C14H15N5O2/c1-8-6-13-18(9(2)20)17-14(19(13)16-8)11-7-10(15)4-5-12(11)21-3/h4-7H,15H2,1-3H3. The summed E-state index contributed by atoms with van der Waals surface area (Å²) < 4.78 is 8.29. The van der Waals surface area contributed by atoms with Crippen molar-refractivity contribution in [3.05, 3.63) is 30.0 Å². The molecule has 21 heavy (non-hydrogen) atoms. The van der Waals surface area contributed by atoms with E-state index in [0.717, 1.165) is 5.69 Å². The van der Waals surface area contributed by atoms with Crippen LogP contribution in [0.4, 0.5) is 5.69 Å². The Hall–Kier alpha value is -2.83. The molecule has 7 heteroatoms. The van der Waals surface area contributed by atoms with Gasteiger partial charge in [0.2, 0.25) is 5.91 Å². The molecule has 0 spiro atoms. The van der Waals surface area contributed by atoms with Crippen LogP contribution in [0.2, 0.25) is 0 Å². The predicted molar refractivity (Wildman–Crippen MR) is 78.4 cm³/mol. The zero-order chi connectivity index (χ0) is 15.1. The Balaban J connectivity index is 2.35. The van der Waals surface area contributed by atoms with E-state index in [1.54, 1.807) is 35.9 Å². The Bertz CT molecular complexity index is 847. The highest BCUT2D eigenvalue weighted by molar-refractivity contribution is 5.82. The number of hydrogen-bond donors (Lipinski definition) is 1. The normalized spacial score (nSPS) is 11.0. The highest BCUT2D eigenvalue weighted by atomic mass is 16.5. The van der Waals surface area contributed by atoms with E-state index in [4.69, 9.17) is 10.5 Å². The Morgan fingerprint density at radius 3 is 2.71 bits per heavy atom. The first-order valence-electron chi connectivity index (χ1n) is 6.41. The summed E-state index contributed by atoms with van der Waals surface area (Å²) in [6.45, 7) is 3.31. The minimum Gasteiger partial charge on any atom is -0.496 e. The largest absolute Gasteiger partial charge is 0.496 e. The molecular formula is C14H15N5O2. The van der Waals surface area contributed by atoms with Crippen LogP contribution in [0.5, 0.6) is 5.75 Å². The summed E-state index contributed by atoms with van der Waals surface area (Å²) in [7, 11) is 1.57. The fourth-order valence-electron chi connectivity index (χ4n) is 2.28. The molecule has 2 heterocycles. The number of hydrogen-bond acceptors (Lipinski definition) is 5. The minimum atomic E-state index is -0.186. The molecule has 0 aliphatic heterocycles. The van der Waals surface area contributed by atoms with Gasteiger partial charge in [0, 0.05) is 18.7 Å². The molecule has 0 amide bonds. The van der Waals surface area contributed by atoms with Crippen molar-refractivity contribution in [2.75, 3.05) is 12.8 Å². The number of fused-ring (bicyclic) bond motifs is 1. The third-order valence-corrected chi connectivity index (χ3v) is 3.19. The Labute approximate surface area is 120 Å². The van der Waals surface area contributed by atoms with Crippen molar-refractivity contribution < 1.29 is 9.53 Å². The lowest BCUT2D eigenvalue weighted by molar-refractivity contribution is 0.0926. The van der Waals surface area contributed by atoms with Gasteiger partial charge >= 0.3 is 0 Å². The van der Waals surface area contributed by atoms with Gasteiger partial charge in [-0.1, -0.05) is 0 Å². The number of methoxy groups -OCH3 is 1. The molecule has 0 bridgehead atoms. The van der Waals surface area contributed by atoms with Crippen LogP contribution in [0.1, 0.15) is 17.4 Å². The second-order valence-corrected chi connectivity index (χ2v) is 4.77. The molecule has 0 unspecified atom stereocenters. The quantitative estimate of drug-likeness (QED) is 0.725. The lowest BCUT2D eigenvalue weighted by Gasteiger charge is -2.07. The van der Waals surface area contributed by atoms with Crippen LogP contribution < -0.4 is 10.5 Å². The zero-order valence-electron chi connectivity index (χ0n) is 12.0. The molecule has 0 saturated heterocycles. The number of nitrogen functional groups attached to an aromatic ring is 1. The average molecular weight is 285 g/mol. The number of ether oxygens (including phenoxy) is 1. The van der Waals surface area contributed by atoms with Crippen molar-refractivity contribution in [3.8, 4) is 17.1 Å². The van der Waals surface area contributed by atoms with Crippen LogP contribution in [0.15, 0.2) is 24.3 Å². The van der Waals surface area contributed by atoms with E-state index in [1.807, 2.05) is 6.92 Å². The molecule has 0 aliphatic carbocycles. The number of aromatic nitrogens is 4. The van der Waals surface area contributed by atoms with Gasteiger partial charge in [-0.3, -0.25) is 4.79 Å². The summed E-state index contributed by atoms with van der Waals surface area (Å²) in [5.74, 6) is 0.943. The second kappa shape index (κ2) is 4.62. The fraction of sp³-hybridized carbons (Fsp3) is 0.214. The van der Waals surface area contributed by atoms with Crippen molar-refractivity contribution in [2.45, 2.75) is 13.8 Å². The van der Waals surface area contributed by atoms with E-state index >= 15 is 0 Å². The van der Waals surface area contributed by atoms with Gasteiger partial charge in [0.05, 0.1) is 18.4 Å². The van der Waals surface area contributed by atoms with Gasteiger partial charge in [-0.05, 0) is 25.1 Å². The number of carbonyl (C=O) groups excluding carboxylic acids is 1.